The maximum Gasteiger partial charge on any atom is 0.0756 e. The van der Waals surface area contributed by atoms with Crippen molar-refractivity contribution in [2.75, 3.05) is 6.54 Å². The molecule has 4 nitrogen and oxygen atoms in total. The van der Waals surface area contributed by atoms with Gasteiger partial charge in [-0.05, 0) is 37.1 Å². The molecule has 0 amide bonds. The van der Waals surface area contributed by atoms with Crippen LogP contribution in [-0.2, 0) is 6.42 Å². The standard InChI is InChI=1S/C14H18N4/c1-2-17-13(14-11-16-9-10-18-14)4-3-12-5-7-15-8-6-12/h5-11,13,17H,2-4H2,1H3. The van der Waals surface area contributed by atoms with Crippen LogP contribution in [0.1, 0.15) is 30.6 Å². The molecule has 4 heteroatoms. The van der Waals surface area contributed by atoms with Crippen molar-refractivity contribution >= 4 is 0 Å². The smallest absolute Gasteiger partial charge is 0.0756 e. The van der Waals surface area contributed by atoms with Crippen LogP contribution < -0.4 is 5.32 Å². The van der Waals surface area contributed by atoms with Crippen molar-refractivity contribution in [3.8, 4) is 0 Å². The normalized spacial score (nSPS) is 12.3. The number of aromatic nitrogens is 3. The first-order valence-corrected chi connectivity index (χ1v) is 6.28. The second-order valence-electron chi connectivity index (χ2n) is 4.13. The Bertz CT molecular complexity index is 444. The molecular weight excluding hydrogens is 224 g/mol. The van der Waals surface area contributed by atoms with E-state index in [0.717, 1.165) is 25.1 Å². The minimum Gasteiger partial charge on any atom is -0.309 e. The second-order valence-corrected chi connectivity index (χ2v) is 4.13. The highest BCUT2D eigenvalue weighted by Crippen LogP contribution is 2.16. The van der Waals surface area contributed by atoms with Gasteiger partial charge in [-0.25, -0.2) is 0 Å². The van der Waals surface area contributed by atoms with E-state index >= 15 is 0 Å². The molecule has 18 heavy (non-hydrogen) atoms. The van der Waals surface area contributed by atoms with Crippen LogP contribution in [0.4, 0.5) is 0 Å². The van der Waals surface area contributed by atoms with Gasteiger partial charge in [0.05, 0.1) is 11.7 Å². The van der Waals surface area contributed by atoms with Crippen molar-refractivity contribution < 1.29 is 0 Å². The summed E-state index contributed by atoms with van der Waals surface area (Å²) < 4.78 is 0. The Kier molecular flexibility index (Phi) is 4.78. The average Bonchev–Trinajstić information content (AvgIpc) is 2.45. The molecule has 2 aromatic heterocycles. The largest absolute Gasteiger partial charge is 0.309 e. The third-order valence-electron chi connectivity index (χ3n) is 2.86. The van der Waals surface area contributed by atoms with Gasteiger partial charge in [0.15, 0.2) is 0 Å². The molecule has 94 valence electrons. The molecule has 2 rings (SSSR count). The summed E-state index contributed by atoms with van der Waals surface area (Å²) in [6, 6.07) is 4.37. The molecule has 0 radical (unpaired) electrons. The number of nitrogens with one attached hydrogen (secondary N) is 1. The van der Waals surface area contributed by atoms with Crippen molar-refractivity contribution in [1.82, 2.24) is 20.3 Å². The third kappa shape index (κ3) is 3.60. The Morgan fingerprint density at radius 2 is 1.94 bits per heavy atom. The van der Waals surface area contributed by atoms with E-state index in [4.69, 9.17) is 0 Å². The van der Waals surface area contributed by atoms with Gasteiger partial charge in [0.1, 0.15) is 0 Å². The summed E-state index contributed by atoms with van der Waals surface area (Å²) in [4.78, 5) is 12.5. The number of rotatable bonds is 6. The summed E-state index contributed by atoms with van der Waals surface area (Å²) in [5, 5.41) is 3.45. The predicted octanol–water partition coefficient (Wildman–Crippen LogP) is 2.16. The minimum absolute atomic E-state index is 0.261. The van der Waals surface area contributed by atoms with Gasteiger partial charge in [-0.3, -0.25) is 15.0 Å². The van der Waals surface area contributed by atoms with Gasteiger partial charge < -0.3 is 5.32 Å². The zero-order chi connectivity index (χ0) is 12.6. The predicted molar refractivity (Wildman–Crippen MR) is 71.0 cm³/mol. The third-order valence-corrected chi connectivity index (χ3v) is 2.86. The van der Waals surface area contributed by atoms with Gasteiger partial charge in [0.2, 0.25) is 0 Å². The lowest BCUT2D eigenvalue weighted by Crippen LogP contribution is -2.22. The SMILES string of the molecule is CCNC(CCc1ccncc1)c1cnccn1. The van der Waals surface area contributed by atoms with E-state index in [1.807, 2.05) is 18.6 Å². The van der Waals surface area contributed by atoms with Crippen LogP contribution in [0.3, 0.4) is 0 Å². The van der Waals surface area contributed by atoms with Crippen molar-refractivity contribution in [3.05, 3.63) is 54.4 Å². The van der Waals surface area contributed by atoms with Gasteiger partial charge in [-0.1, -0.05) is 6.92 Å². The van der Waals surface area contributed by atoms with Crippen molar-refractivity contribution in [2.24, 2.45) is 0 Å². The number of hydrogen-bond acceptors (Lipinski definition) is 4. The molecule has 0 aromatic carbocycles. The monoisotopic (exact) mass is 242 g/mol. The van der Waals surface area contributed by atoms with E-state index in [1.165, 1.54) is 5.56 Å². The Morgan fingerprint density at radius 1 is 1.11 bits per heavy atom. The second kappa shape index (κ2) is 6.81. The fourth-order valence-corrected chi connectivity index (χ4v) is 1.95. The summed E-state index contributed by atoms with van der Waals surface area (Å²) in [6.45, 7) is 3.04. The van der Waals surface area contributed by atoms with E-state index in [9.17, 15) is 0 Å². The quantitative estimate of drug-likeness (QED) is 0.843. The van der Waals surface area contributed by atoms with E-state index in [2.05, 4.69) is 39.3 Å². The number of aryl methyl sites for hydroxylation is 1. The lowest BCUT2D eigenvalue weighted by atomic mass is 10.0. The number of nitrogens with zero attached hydrogens (tertiary/aromatic N) is 3. The van der Waals surface area contributed by atoms with E-state index < -0.39 is 0 Å². The molecule has 0 aliphatic heterocycles. The molecule has 2 aromatic rings. The molecule has 2 heterocycles. The summed E-state index contributed by atoms with van der Waals surface area (Å²) in [5.41, 5.74) is 2.31. The Hall–Kier alpha value is -1.81. The molecule has 1 unspecified atom stereocenters. The first-order valence-electron chi connectivity index (χ1n) is 6.28. The average molecular weight is 242 g/mol. The lowest BCUT2D eigenvalue weighted by Gasteiger charge is -2.16. The summed E-state index contributed by atoms with van der Waals surface area (Å²) >= 11 is 0. The molecule has 0 aliphatic carbocycles. The summed E-state index contributed by atoms with van der Waals surface area (Å²) in [7, 11) is 0. The fourth-order valence-electron chi connectivity index (χ4n) is 1.95. The molecular formula is C14H18N4. The van der Waals surface area contributed by atoms with Crippen LogP contribution in [0, 0.1) is 0 Å². The molecule has 0 bridgehead atoms. The van der Waals surface area contributed by atoms with Gasteiger partial charge in [-0.2, -0.15) is 0 Å². The van der Waals surface area contributed by atoms with Crippen LogP contribution in [0.15, 0.2) is 43.1 Å². The Labute approximate surface area is 108 Å². The molecule has 1 atom stereocenters. The maximum absolute atomic E-state index is 4.37. The van der Waals surface area contributed by atoms with Crippen LogP contribution in [0.5, 0.6) is 0 Å². The highest BCUT2D eigenvalue weighted by Gasteiger charge is 2.11. The van der Waals surface area contributed by atoms with Crippen molar-refractivity contribution in [3.63, 3.8) is 0 Å². The van der Waals surface area contributed by atoms with Crippen LogP contribution in [0.25, 0.3) is 0 Å². The topological polar surface area (TPSA) is 50.7 Å². The zero-order valence-corrected chi connectivity index (χ0v) is 10.6. The molecule has 0 saturated heterocycles. The van der Waals surface area contributed by atoms with Crippen LogP contribution in [0.2, 0.25) is 0 Å². The summed E-state index contributed by atoms with van der Waals surface area (Å²) in [5.74, 6) is 0. The molecule has 0 spiro atoms. The maximum atomic E-state index is 4.37. The summed E-state index contributed by atoms with van der Waals surface area (Å²) in [6.07, 6.45) is 11.0. The van der Waals surface area contributed by atoms with Crippen molar-refractivity contribution in [1.29, 1.82) is 0 Å². The van der Waals surface area contributed by atoms with E-state index in [0.29, 0.717) is 0 Å². The van der Waals surface area contributed by atoms with Crippen LogP contribution in [-0.4, -0.2) is 21.5 Å². The lowest BCUT2D eigenvalue weighted by molar-refractivity contribution is 0.502. The van der Waals surface area contributed by atoms with E-state index in [1.54, 1.807) is 12.4 Å². The highest BCUT2D eigenvalue weighted by molar-refractivity contribution is 5.11. The molecule has 0 aliphatic rings. The molecule has 1 N–H and O–H groups in total. The van der Waals surface area contributed by atoms with Gasteiger partial charge in [0, 0.05) is 31.0 Å². The minimum atomic E-state index is 0.261. The highest BCUT2D eigenvalue weighted by atomic mass is 14.9. The van der Waals surface area contributed by atoms with Gasteiger partial charge in [0.25, 0.3) is 0 Å². The Morgan fingerprint density at radius 3 is 2.61 bits per heavy atom. The van der Waals surface area contributed by atoms with E-state index in [-0.39, 0.29) is 6.04 Å². The first kappa shape index (κ1) is 12.6. The van der Waals surface area contributed by atoms with Gasteiger partial charge >= 0.3 is 0 Å². The van der Waals surface area contributed by atoms with Crippen LogP contribution >= 0.6 is 0 Å². The number of pyridine rings is 1. The molecule has 0 fully saturated rings. The fraction of sp³-hybridized carbons (Fsp3) is 0.357. The Balaban J connectivity index is 1.99. The van der Waals surface area contributed by atoms with Crippen molar-refractivity contribution in [2.45, 2.75) is 25.8 Å². The molecule has 0 saturated carbocycles. The number of hydrogen-bond donors (Lipinski definition) is 1. The first-order chi connectivity index (χ1) is 8.90. The van der Waals surface area contributed by atoms with Gasteiger partial charge in [-0.15, -0.1) is 0 Å². The zero-order valence-electron chi connectivity index (χ0n) is 10.6.